The van der Waals surface area contributed by atoms with E-state index in [9.17, 15) is 4.79 Å². The maximum absolute atomic E-state index is 11.7. The molecule has 0 unspecified atom stereocenters. The van der Waals surface area contributed by atoms with Crippen molar-refractivity contribution in [3.63, 3.8) is 0 Å². The Labute approximate surface area is 111 Å². The van der Waals surface area contributed by atoms with E-state index in [0.717, 1.165) is 16.5 Å². The smallest absolute Gasteiger partial charge is 0.240 e. The molecule has 0 fully saturated rings. The molecule has 0 spiro atoms. The molecule has 0 radical (unpaired) electrons. The first-order valence-corrected chi connectivity index (χ1v) is 6.19. The molecule has 1 amide bonds. The van der Waals surface area contributed by atoms with Crippen LogP contribution in [-0.4, -0.2) is 35.8 Å². The number of aliphatic hydroxyl groups excluding tert-OH is 1. The average Bonchev–Trinajstić information content (AvgIpc) is 2.81. The summed E-state index contributed by atoms with van der Waals surface area (Å²) in [5.41, 5.74) is 1.86. The normalized spacial score (nSPS) is 10.8. The van der Waals surface area contributed by atoms with Crippen molar-refractivity contribution >= 4 is 16.8 Å². The molecule has 0 saturated heterocycles. The van der Waals surface area contributed by atoms with Crippen LogP contribution in [0.4, 0.5) is 0 Å². The number of nitrogens with one attached hydrogen (secondary N) is 1. The predicted molar refractivity (Wildman–Crippen MR) is 72.7 cm³/mol. The summed E-state index contributed by atoms with van der Waals surface area (Å²) in [6.07, 6.45) is 1.88. The van der Waals surface area contributed by atoms with Gasteiger partial charge in [0.05, 0.1) is 13.2 Å². The molecule has 19 heavy (non-hydrogen) atoms. The Morgan fingerprint density at radius 3 is 3.00 bits per heavy atom. The van der Waals surface area contributed by atoms with Gasteiger partial charge in [0.25, 0.3) is 0 Å². The zero-order valence-corrected chi connectivity index (χ0v) is 10.9. The second-order valence-electron chi connectivity index (χ2n) is 4.34. The van der Waals surface area contributed by atoms with Crippen molar-refractivity contribution in [2.45, 2.75) is 13.2 Å². The number of hydrogen-bond donors (Lipinski definition) is 2. The molecule has 1 aromatic carbocycles. The van der Waals surface area contributed by atoms with E-state index in [1.807, 2.05) is 35.0 Å². The number of methoxy groups -OCH3 is 1. The Balaban J connectivity index is 2.06. The molecule has 1 aromatic heterocycles. The van der Waals surface area contributed by atoms with Crippen LogP contribution in [0.25, 0.3) is 10.9 Å². The highest BCUT2D eigenvalue weighted by molar-refractivity contribution is 5.83. The Morgan fingerprint density at radius 1 is 1.42 bits per heavy atom. The summed E-state index contributed by atoms with van der Waals surface area (Å²) in [4.78, 5) is 11.7. The molecule has 0 aliphatic heterocycles. The third-order valence-electron chi connectivity index (χ3n) is 2.96. The highest BCUT2D eigenvalue weighted by Gasteiger charge is 2.06. The van der Waals surface area contributed by atoms with Crippen molar-refractivity contribution in [3.8, 4) is 0 Å². The number of ether oxygens (including phenoxy) is 1. The number of amides is 1. The van der Waals surface area contributed by atoms with Crippen molar-refractivity contribution in [1.29, 1.82) is 0 Å². The van der Waals surface area contributed by atoms with Gasteiger partial charge in [-0.3, -0.25) is 4.79 Å². The molecule has 5 heteroatoms. The first kappa shape index (κ1) is 13.6. The number of aromatic nitrogens is 1. The minimum atomic E-state index is -0.0409. The van der Waals surface area contributed by atoms with Crippen LogP contribution in [0.1, 0.15) is 5.56 Å². The summed E-state index contributed by atoms with van der Waals surface area (Å²) >= 11 is 0. The molecule has 2 rings (SSSR count). The third kappa shape index (κ3) is 3.33. The summed E-state index contributed by atoms with van der Waals surface area (Å²) in [7, 11) is 1.60. The van der Waals surface area contributed by atoms with Crippen molar-refractivity contribution < 1.29 is 14.6 Å². The van der Waals surface area contributed by atoms with Gasteiger partial charge < -0.3 is 19.7 Å². The zero-order chi connectivity index (χ0) is 13.7. The van der Waals surface area contributed by atoms with Crippen molar-refractivity contribution in [1.82, 2.24) is 9.88 Å². The summed E-state index contributed by atoms with van der Waals surface area (Å²) in [5.74, 6) is -0.0409. The number of nitrogens with zero attached hydrogens (tertiary/aromatic N) is 1. The molecule has 0 atom stereocenters. The molecule has 102 valence electrons. The fraction of sp³-hybridized carbons (Fsp3) is 0.357. The number of hydrogen-bond acceptors (Lipinski definition) is 3. The minimum absolute atomic E-state index is 0.0264. The molecule has 0 aliphatic rings. The quantitative estimate of drug-likeness (QED) is 0.760. The second-order valence-corrected chi connectivity index (χ2v) is 4.34. The maximum atomic E-state index is 11.7. The van der Waals surface area contributed by atoms with Crippen LogP contribution in [0.3, 0.4) is 0 Å². The number of fused-ring (bicyclic) bond motifs is 1. The van der Waals surface area contributed by atoms with Crippen LogP contribution in [0, 0.1) is 0 Å². The van der Waals surface area contributed by atoms with Crippen LogP contribution in [0.5, 0.6) is 0 Å². The third-order valence-corrected chi connectivity index (χ3v) is 2.96. The fourth-order valence-electron chi connectivity index (χ4n) is 1.99. The van der Waals surface area contributed by atoms with Gasteiger partial charge in [0.2, 0.25) is 5.91 Å². The molecule has 0 aliphatic carbocycles. The van der Waals surface area contributed by atoms with Gasteiger partial charge in [-0.2, -0.15) is 0 Å². The van der Waals surface area contributed by atoms with E-state index in [1.165, 1.54) is 0 Å². The molecule has 2 aromatic rings. The highest BCUT2D eigenvalue weighted by Crippen LogP contribution is 2.17. The summed E-state index contributed by atoms with van der Waals surface area (Å²) in [5, 5.41) is 12.9. The van der Waals surface area contributed by atoms with Gasteiger partial charge in [0.15, 0.2) is 0 Å². The largest absolute Gasteiger partial charge is 0.392 e. The predicted octanol–water partition coefficient (Wildman–Crippen LogP) is 0.896. The van der Waals surface area contributed by atoms with Crippen molar-refractivity contribution in [3.05, 3.63) is 36.0 Å². The van der Waals surface area contributed by atoms with Crippen LogP contribution in [0.2, 0.25) is 0 Å². The lowest BCUT2D eigenvalue weighted by Crippen LogP contribution is -2.30. The SMILES string of the molecule is COCCNC(=O)Cn1ccc2cc(CO)ccc21. The van der Waals surface area contributed by atoms with Crippen LogP contribution in [-0.2, 0) is 22.7 Å². The van der Waals surface area contributed by atoms with E-state index in [-0.39, 0.29) is 19.1 Å². The molecule has 2 N–H and O–H groups in total. The van der Waals surface area contributed by atoms with Crippen LogP contribution >= 0.6 is 0 Å². The van der Waals surface area contributed by atoms with Gasteiger partial charge >= 0.3 is 0 Å². The Bertz CT molecular complexity index is 563. The monoisotopic (exact) mass is 262 g/mol. The van der Waals surface area contributed by atoms with Crippen LogP contribution in [0.15, 0.2) is 30.5 Å². The average molecular weight is 262 g/mol. The number of aliphatic hydroxyl groups is 1. The zero-order valence-electron chi connectivity index (χ0n) is 10.9. The molecule has 0 bridgehead atoms. The maximum Gasteiger partial charge on any atom is 0.240 e. The van der Waals surface area contributed by atoms with Gasteiger partial charge in [-0.05, 0) is 29.1 Å². The fourth-order valence-corrected chi connectivity index (χ4v) is 1.99. The lowest BCUT2D eigenvalue weighted by atomic mass is 10.2. The standard InChI is InChI=1S/C14H18N2O3/c1-19-7-5-15-14(18)9-16-6-4-12-8-11(10-17)2-3-13(12)16/h2-4,6,8,17H,5,7,9-10H2,1H3,(H,15,18). The Morgan fingerprint density at radius 2 is 2.26 bits per heavy atom. The van der Waals surface area contributed by atoms with Crippen molar-refractivity contribution in [2.24, 2.45) is 0 Å². The van der Waals surface area contributed by atoms with E-state index < -0.39 is 0 Å². The molecular formula is C14H18N2O3. The first-order valence-electron chi connectivity index (χ1n) is 6.19. The number of carbonyl (C=O) groups excluding carboxylic acids is 1. The van der Waals surface area contributed by atoms with Gasteiger partial charge in [0.1, 0.15) is 6.54 Å². The van der Waals surface area contributed by atoms with Gasteiger partial charge in [0, 0.05) is 25.4 Å². The lowest BCUT2D eigenvalue weighted by Gasteiger charge is -2.07. The van der Waals surface area contributed by atoms with Crippen molar-refractivity contribution in [2.75, 3.05) is 20.3 Å². The number of benzene rings is 1. The minimum Gasteiger partial charge on any atom is -0.392 e. The van der Waals surface area contributed by atoms with E-state index >= 15 is 0 Å². The molecule has 0 saturated carbocycles. The summed E-state index contributed by atoms with van der Waals surface area (Å²) in [6.45, 7) is 1.34. The van der Waals surface area contributed by atoms with Gasteiger partial charge in [-0.15, -0.1) is 0 Å². The van der Waals surface area contributed by atoms with E-state index in [0.29, 0.717) is 13.2 Å². The number of rotatable bonds is 6. The highest BCUT2D eigenvalue weighted by atomic mass is 16.5. The van der Waals surface area contributed by atoms with E-state index in [1.54, 1.807) is 7.11 Å². The molecular weight excluding hydrogens is 244 g/mol. The Kier molecular flexibility index (Phi) is 4.54. The molecule has 5 nitrogen and oxygen atoms in total. The Hall–Kier alpha value is -1.85. The molecule has 1 heterocycles. The van der Waals surface area contributed by atoms with Gasteiger partial charge in [-0.25, -0.2) is 0 Å². The number of carbonyl (C=O) groups is 1. The second kappa shape index (κ2) is 6.36. The topological polar surface area (TPSA) is 63.5 Å². The van der Waals surface area contributed by atoms with Crippen LogP contribution < -0.4 is 5.32 Å². The van der Waals surface area contributed by atoms with Gasteiger partial charge in [-0.1, -0.05) is 6.07 Å². The summed E-state index contributed by atoms with van der Waals surface area (Å²) < 4.78 is 6.77. The van der Waals surface area contributed by atoms with E-state index in [2.05, 4.69) is 5.32 Å². The van der Waals surface area contributed by atoms with E-state index in [4.69, 9.17) is 9.84 Å². The lowest BCUT2D eigenvalue weighted by molar-refractivity contribution is -0.121. The summed E-state index contributed by atoms with van der Waals surface area (Å²) in [6, 6.07) is 7.65. The first-order chi connectivity index (χ1) is 9.24.